The molecule has 0 saturated carbocycles. The Hall–Kier alpha value is -3.77. The first-order valence-electron chi connectivity index (χ1n) is 9.65. The molecule has 9 nitrogen and oxygen atoms in total. The Kier molecular flexibility index (Phi) is 5.16. The van der Waals surface area contributed by atoms with Crippen LogP contribution in [0.15, 0.2) is 43.2 Å². The van der Waals surface area contributed by atoms with E-state index in [-0.39, 0.29) is 6.04 Å². The molecule has 4 heterocycles. The zero-order chi connectivity index (χ0) is 21.3. The number of hydrogen-bond donors (Lipinski definition) is 2. The standard InChI is InChI=1S/C21H22N8O/c1-13(2)27-18-5-20(29-21-16(8-26-29)4-15(6-22)7-24-21)23-9-17(18)19-11-28(12-25-19)10-14(3)30/h4-5,7-9,11-14,30H,10H2,1-3H3,(H,23,27). The molecule has 0 bridgehead atoms. The number of nitrogens with zero attached hydrogens (tertiary/aromatic N) is 7. The molecule has 152 valence electrons. The molecule has 30 heavy (non-hydrogen) atoms. The van der Waals surface area contributed by atoms with Gasteiger partial charge in [-0.05, 0) is 26.8 Å². The average Bonchev–Trinajstić information content (AvgIpc) is 3.33. The van der Waals surface area contributed by atoms with Crippen LogP contribution >= 0.6 is 0 Å². The molecule has 4 rings (SSSR count). The summed E-state index contributed by atoms with van der Waals surface area (Å²) >= 11 is 0. The van der Waals surface area contributed by atoms with Gasteiger partial charge >= 0.3 is 0 Å². The lowest BCUT2D eigenvalue weighted by Gasteiger charge is -2.15. The number of anilines is 1. The minimum atomic E-state index is -0.456. The fraction of sp³-hybridized carbons (Fsp3) is 0.286. The van der Waals surface area contributed by atoms with Gasteiger partial charge in [0.15, 0.2) is 11.5 Å². The van der Waals surface area contributed by atoms with E-state index in [2.05, 4.69) is 45.3 Å². The molecule has 4 aromatic heterocycles. The van der Waals surface area contributed by atoms with Crippen molar-refractivity contribution in [2.75, 3.05) is 5.32 Å². The molecule has 0 amide bonds. The highest BCUT2D eigenvalue weighted by Gasteiger charge is 2.15. The van der Waals surface area contributed by atoms with Crippen molar-refractivity contribution >= 4 is 16.7 Å². The number of hydrogen-bond acceptors (Lipinski definition) is 7. The molecular weight excluding hydrogens is 380 g/mol. The summed E-state index contributed by atoms with van der Waals surface area (Å²) in [6.07, 6.45) is 8.09. The van der Waals surface area contributed by atoms with Crippen LogP contribution in [0.4, 0.5) is 5.69 Å². The molecule has 0 aliphatic carbocycles. The van der Waals surface area contributed by atoms with Crippen LogP contribution in [-0.2, 0) is 6.54 Å². The van der Waals surface area contributed by atoms with Crippen molar-refractivity contribution in [3.05, 3.63) is 48.8 Å². The summed E-state index contributed by atoms with van der Waals surface area (Å²) in [7, 11) is 0. The van der Waals surface area contributed by atoms with Crippen LogP contribution in [-0.4, -0.2) is 46.6 Å². The second-order valence-electron chi connectivity index (χ2n) is 7.50. The van der Waals surface area contributed by atoms with E-state index < -0.39 is 6.10 Å². The van der Waals surface area contributed by atoms with Crippen LogP contribution in [0.3, 0.4) is 0 Å². The Morgan fingerprint density at radius 1 is 1.13 bits per heavy atom. The number of imidazole rings is 1. The number of nitriles is 1. The van der Waals surface area contributed by atoms with E-state index >= 15 is 0 Å². The first-order chi connectivity index (χ1) is 14.4. The molecule has 0 aliphatic heterocycles. The third kappa shape index (κ3) is 3.86. The minimum absolute atomic E-state index is 0.198. The highest BCUT2D eigenvalue weighted by molar-refractivity contribution is 5.79. The monoisotopic (exact) mass is 402 g/mol. The summed E-state index contributed by atoms with van der Waals surface area (Å²) in [6, 6.07) is 5.95. The summed E-state index contributed by atoms with van der Waals surface area (Å²) in [5.41, 5.74) is 3.61. The van der Waals surface area contributed by atoms with Gasteiger partial charge in [0.2, 0.25) is 0 Å². The molecule has 2 N–H and O–H groups in total. The zero-order valence-electron chi connectivity index (χ0n) is 17.0. The largest absolute Gasteiger partial charge is 0.392 e. The third-order valence-corrected chi connectivity index (χ3v) is 4.47. The van der Waals surface area contributed by atoms with Crippen LogP contribution in [0, 0.1) is 11.3 Å². The first kappa shape index (κ1) is 19.5. The smallest absolute Gasteiger partial charge is 0.164 e. The lowest BCUT2D eigenvalue weighted by atomic mass is 10.1. The summed E-state index contributed by atoms with van der Waals surface area (Å²) in [6.45, 7) is 6.33. The van der Waals surface area contributed by atoms with Gasteiger partial charge in [-0.1, -0.05) is 0 Å². The minimum Gasteiger partial charge on any atom is -0.392 e. The van der Waals surface area contributed by atoms with Gasteiger partial charge in [-0.2, -0.15) is 15.0 Å². The fourth-order valence-electron chi connectivity index (χ4n) is 3.25. The lowest BCUT2D eigenvalue weighted by Crippen LogP contribution is -2.12. The molecule has 0 aliphatic rings. The maximum Gasteiger partial charge on any atom is 0.164 e. The van der Waals surface area contributed by atoms with E-state index in [1.165, 1.54) is 6.20 Å². The average molecular weight is 402 g/mol. The number of rotatable bonds is 6. The molecule has 1 unspecified atom stereocenters. The number of pyridine rings is 2. The van der Waals surface area contributed by atoms with E-state index in [9.17, 15) is 5.11 Å². The number of fused-ring (bicyclic) bond motifs is 1. The van der Waals surface area contributed by atoms with Gasteiger partial charge in [0, 0.05) is 53.9 Å². The van der Waals surface area contributed by atoms with E-state index in [4.69, 9.17) is 5.26 Å². The summed E-state index contributed by atoms with van der Waals surface area (Å²) in [5, 5.41) is 27.3. The maximum absolute atomic E-state index is 9.61. The summed E-state index contributed by atoms with van der Waals surface area (Å²) in [4.78, 5) is 13.4. The van der Waals surface area contributed by atoms with Gasteiger partial charge in [0.1, 0.15) is 6.07 Å². The summed E-state index contributed by atoms with van der Waals surface area (Å²) in [5.74, 6) is 0.609. The maximum atomic E-state index is 9.61. The van der Waals surface area contributed by atoms with Crippen molar-refractivity contribution in [2.24, 2.45) is 0 Å². The van der Waals surface area contributed by atoms with Crippen molar-refractivity contribution in [2.45, 2.75) is 39.5 Å². The Morgan fingerprint density at radius 2 is 1.97 bits per heavy atom. The normalized spacial score (nSPS) is 12.3. The van der Waals surface area contributed by atoms with Crippen LogP contribution in [0.2, 0.25) is 0 Å². The van der Waals surface area contributed by atoms with Crippen molar-refractivity contribution < 1.29 is 5.11 Å². The molecule has 4 aromatic rings. The number of nitrogens with one attached hydrogen (secondary N) is 1. The predicted molar refractivity (Wildman–Crippen MR) is 113 cm³/mol. The van der Waals surface area contributed by atoms with Gasteiger partial charge in [-0.15, -0.1) is 0 Å². The SMILES string of the molecule is CC(O)Cn1cnc(-c2cnc(-n3ncc4cc(C#N)cnc43)cc2NC(C)C)c1. The van der Waals surface area contributed by atoms with E-state index in [1.807, 2.05) is 16.8 Å². The Morgan fingerprint density at radius 3 is 2.70 bits per heavy atom. The molecule has 1 atom stereocenters. The van der Waals surface area contributed by atoms with Crippen molar-refractivity contribution in [1.82, 2.24) is 29.3 Å². The van der Waals surface area contributed by atoms with Crippen molar-refractivity contribution in [3.63, 3.8) is 0 Å². The van der Waals surface area contributed by atoms with Gasteiger partial charge in [0.05, 0.1) is 29.9 Å². The van der Waals surface area contributed by atoms with Crippen LogP contribution < -0.4 is 5.32 Å². The van der Waals surface area contributed by atoms with Crippen LogP contribution in [0.1, 0.15) is 26.3 Å². The number of aliphatic hydroxyl groups excluding tert-OH is 1. The molecular formula is C21H22N8O. The van der Waals surface area contributed by atoms with E-state index in [0.29, 0.717) is 23.6 Å². The highest BCUT2D eigenvalue weighted by Crippen LogP contribution is 2.29. The number of aromatic nitrogens is 6. The van der Waals surface area contributed by atoms with Gasteiger partial charge < -0.3 is 15.0 Å². The van der Waals surface area contributed by atoms with Crippen LogP contribution in [0.5, 0.6) is 0 Å². The topological polar surface area (TPSA) is 117 Å². The molecule has 0 fully saturated rings. The molecule has 0 saturated heterocycles. The first-order valence-corrected chi connectivity index (χ1v) is 9.65. The van der Waals surface area contributed by atoms with Gasteiger partial charge in [0.25, 0.3) is 0 Å². The Labute approximate surface area is 173 Å². The zero-order valence-corrected chi connectivity index (χ0v) is 17.0. The van der Waals surface area contributed by atoms with Crippen LogP contribution in [0.25, 0.3) is 28.1 Å². The summed E-state index contributed by atoms with van der Waals surface area (Å²) < 4.78 is 3.50. The lowest BCUT2D eigenvalue weighted by molar-refractivity contribution is 0.173. The van der Waals surface area contributed by atoms with E-state index in [1.54, 1.807) is 36.4 Å². The van der Waals surface area contributed by atoms with Gasteiger partial charge in [-0.25, -0.2) is 15.0 Å². The second-order valence-corrected chi connectivity index (χ2v) is 7.50. The highest BCUT2D eigenvalue weighted by atomic mass is 16.3. The fourth-order valence-corrected chi connectivity index (χ4v) is 3.25. The van der Waals surface area contributed by atoms with Crippen molar-refractivity contribution in [1.29, 1.82) is 5.26 Å². The van der Waals surface area contributed by atoms with E-state index in [0.717, 1.165) is 22.3 Å². The molecule has 0 radical (unpaired) electrons. The Bertz CT molecular complexity index is 1230. The van der Waals surface area contributed by atoms with Crippen molar-refractivity contribution in [3.8, 4) is 23.1 Å². The molecule has 0 spiro atoms. The second kappa shape index (κ2) is 7.93. The third-order valence-electron chi connectivity index (χ3n) is 4.47. The predicted octanol–water partition coefficient (Wildman–Crippen LogP) is 2.75. The molecule has 0 aromatic carbocycles. The molecule has 9 heteroatoms. The van der Waals surface area contributed by atoms with Gasteiger partial charge in [-0.3, -0.25) is 0 Å². The number of aliphatic hydroxyl groups is 1. The quantitative estimate of drug-likeness (QED) is 0.509. The Balaban J connectivity index is 1.77.